The number of piperidine rings is 1. The minimum absolute atomic E-state index is 0.00907. The molecule has 1 aromatic rings. The SMILES string of the molecule is COC(=O)[C@@H](C)OC(=O)c1ccc(OC)c(S(=O)(=O)N2CCCC[C@H]2C)c1. The van der Waals surface area contributed by atoms with E-state index in [1.165, 1.54) is 43.6 Å². The van der Waals surface area contributed by atoms with E-state index in [-0.39, 0.29) is 22.3 Å². The summed E-state index contributed by atoms with van der Waals surface area (Å²) in [4.78, 5) is 23.6. The molecule has 1 saturated heterocycles. The van der Waals surface area contributed by atoms with Crippen LogP contribution in [0.15, 0.2) is 23.1 Å². The third-order valence-electron chi connectivity index (χ3n) is 4.54. The Morgan fingerprint density at radius 2 is 1.93 bits per heavy atom. The van der Waals surface area contributed by atoms with Crippen molar-refractivity contribution in [1.29, 1.82) is 0 Å². The molecule has 0 aromatic heterocycles. The summed E-state index contributed by atoms with van der Waals surface area (Å²) >= 11 is 0. The lowest BCUT2D eigenvalue weighted by Gasteiger charge is -2.32. The monoisotopic (exact) mass is 399 g/mol. The molecule has 0 radical (unpaired) electrons. The second-order valence-electron chi connectivity index (χ2n) is 6.40. The maximum Gasteiger partial charge on any atom is 0.346 e. The number of methoxy groups -OCH3 is 2. The molecule has 1 aliphatic heterocycles. The number of benzene rings is 1. The van der Waals surface area contributed by atoms with Gasteiger partial charge in [0.1, 0.15) is 10.6 Å². The summed E-state index contributed by atoms with van der Waals surface area (Å²) < 4.78 is 42.5. The molecule has 9 heteroatoms. The fourth-order valence-corrected chi connectivity index (χ4v) is 4.89. The van der Waals surface area contributed by atoms with E-state index in [2.05, 4.69) is 4.74 Å². The maximum absolute atomic E-state index is 13.1. The van der Waals surface area contributed by atoms with Crippen LogP contribution >= 0.6 is 0 Å². The topological polar surface area (TPSA) is 99.2 Å². The van der Waals surface area contributed by atoms with Crippen LogP contribution in [0.25, 0.3) is 0 Å². The summed E-state index contributed by atoms with van der Waals surface area (Å²) in [6, 6.07) is 3.88. The zero-order valence-corrected chi connectivity index (χ0v) is 16.7. The molecule has 1 aromatic carbocycles. The third-order valence-corrected chi connectivity index (χ3v) is 6.58. The molecule has 0 amide bonds. The van der Waals surface area contributed by atoms with Crippen molar-refractivity contribution in [2.45, 2.75) is 50.2 Å². The van der Waals surface area contributed by atoms with Crippen molar-refractivity contribution in [3.8, 4) is 5.75 Å². The molecule has 0 aliphatic carbocycles. The second-order valence-corrected chi connectivity index (χ2v) is 8.26. The highest BCUT2D eigenvalue weighted by Crippen LogP contribution is 2.31. The number of hydrogen-bond donors (Lipinski definition) is 0. The van der Waals surface area contributed by atoms with Gasteiger partial charge in [-0.2, -0.15) is 4.31 Å². The van der Waals surface area contributed by atoms with Crippen molar-refractivity contribution in [3.05, 3.63) is 23.8 Å². The molecule has 2 rings (SSSR count). The molecule has 1 aliphatic rings. The van der Waals surface area contributed by atoms with Gasteiger partial charge in [-0.15, -0.1) is 0 Å². The Kier molecular flexibility index (Phi) is 6.83. The molecule has 0 bridgehead atoms. The lowest BCUT2D eigenvalue weighted by atomic mass is 10.1. The number of carbonyl (C=O) groups excluding carboxylic acids is 2. The molecule has 0 unspecified atom stereocenters. The van der Waals surface area contributed by atoms with E-state index >= 15 is 0 Å². The first-order chi connectivity index (χ1) is 12.7. The Hall–Kier alpha value is -2.13. The van der Waals surface area contributed by atoms with E-state index in [0.29, 0.717) is 6.54 Å². The quantitative estimate of drug-likeness (QED) is 0.674. The molecule has 0 spiro atoms. The van der Waals surface area contributed by atoms with E-state index in [9.17, 15) is 18.0 Å². The van der Waals surface area contributed by atoms with E-state index in [0.717, 1.165) is 19.3 Å². The number of esters is 2. The van der Waals surface area contributed by atoms with Gasteiger partial charge in [0.05, 0.1) is 19.8 Å². The van der Waals surface area contributed by atoms with E-state index in [4.69, 9.17) is 9.47 Å². The normalized spacial score (nSPS) is 19.2. The van der Waals surface area contributed by atoms with Gasteiger partial charge in [-0.25, -0.2) is 18.0 Å². The molecule has 1 heterocycles. The predicted octanol–water partition coefficient (Wildman–Crippen LogP) is 1.98. The lowest BCUT2D eigenvalue weighted by molar-refractivity contribution is -0.149. The highest BCUT2D eigenvalue weighted by Gasteiger charge is 2.34. The molecular formula is C18H25NO7S. The van der Waals surface area contributed by atoms with Gasteiger partial charge in [-0.1, -0.05) is 6.42 Å². The van der Waals surface area contributed by atoms with Crippen molar-refractivity contribution in [2.75, 3.05) is 20.8 Å². The third kappa shape index (κ3) is 4.59. The minimum atomic E-state index is -3.85. The Morgan fingerprint density at radius 1 is 1.22 bits per heavy atom. The maximum atomic E-state index is 13.1. The molecule has 8 nitrogen and oxygen atoms in total. The predicted molar refractivity (Wildman–Crippen MR) is 97.1 cm³/mol. The lowest BCUT2D eigenvalue weighted by Crippen LogP contribution is -2.42. The van der Waals surface area contributed by atoms with Crippen LogP contribution in [0.5, 0.6) is 5.75 Å². The van der Waals surface area contributed by atoms with Gasteiger partial charge in [0.2, 0.25) is 10.0 Å². The largest absolute Gasteiger partial charge is 0.495 e. The van der Waals surface area contributed by atoms with Crippen molar-refractivity contribution < 1.29 is 32.2 Å². The Labute approximate surface area is 159 Å². The van der Waals surface area contributed by atoms with Gasteiger partial charge in [-0.05, 0) is 44.9 Å². The van der Waals surface area contributed by atoms with E-state index < -0.39 is 28.1 Å². The first kappa shape index (κ1) is 21.2. The summed E-state index contributed by atoms with van der Waals surface area (Å²) in [6.45, 7) is 3.65. The standard InChI is InChI=1S/C18H25NO7S/c1-12-7-5-6-10-19(12)27(22,23)16-11-14(8-9-15(16)24-3)18(21)26-13(2)17(20)25-4/h8-9,11-13H,5-7,10H2,1-4H3/t12-,13-/m1/s1. The van der Waals surface area contributed by atoms with Gasteiger partial charge in [0, 0.05) is 12.6 Å². The zero-order chi connectivity index (χ0) is 20.2. The molecule has 1 fully saturated rings. The van der Waals surface area contributed by atoms with Crippen LogP contribution in [-0.4, -0.2) is 57.6 Å². The zero-order valence-electron chi connectivity index (χ0n) is 15.9. The van der Waals surface area contributed by atoms with Crippen molar-refractivity contribution >= 4 is 22.0 Å². The van der Waals surface area contributed by atoms with Gasteiger partial charge >= 0.3 is 11.9 Å². The van der Waals surface area contributed by atoms with E-state index in [1.54, 1.807) is 0 Å². The Bertz CT molecular complexity index is 806. The van der Waals surface area contributed by atoms with E-state index in [1.807, 2.05) is 6.92 Å². The van der Waals surface area contributed by atoms with Crippen LogP contribution in [0.3, 0.4) is 0 Å². The smallest absolute Gasteiger partial charge is 0.346 e. The van der Waals surface area contributed by atoms with Gasteiger partial charge < -0.3 is 14.2 Å². The van der Waals surface area contributed by atoms with Crippen LogP contribution in [0.2, 0.25) is 0 Å². The molecule has 0 saturated carbocycles. The number of sulfonamides is 1. The molecule has 150 valence electrons. The van der Waals surface area contributed by atoms with Crippen molar-refractivity contribution in [2.24, 2.45) is 0 Å². The van der Waals surface area contributed by atoms with Gasteiger partial charge in [-0.3, -0.25) is 0 Å². The molecule has 0 N–H and O–H groups in total. The van der Waals surface area contributed by atoms with Crippen LogP contribution in [0.1, 0.15) is 43.5 Å². The number of rotatable bonds is 6. The summed E-state index contributed by atoms with van der Waals surface area (Å²) in [5.74, 6) is -1.38. The van der Waals surface area contributed by atoms with Crippen molar-refractivity contribution in [3.63, 3.8) is 0 Å². The summed E-state index contributed by atoms with van der Waals surface area (Å²) in [6.07, 6.45) is 1.43. The van der Waals surface area contributed by atoms with Gasteiger partial charge in [0.15, 0.2) is 6.10 Å². The molecular weight excluding hydrogens is 374 g/mol. The van der Waals surface area contributed by atoms with Crippen LogP contribution < -0.4 is 4.74 Å². The first-order valence-corrected chi connectivity index (χ1v) is 10.1. The number of carbonyl (C=O) groups is 2. The minimum Gasteiger partial charge on any atom is -0.495 e. The highest BCUT2D eigenvalue weighted by molar-refractivity contribution is 7.89. The fraction of sp³-hybridized carbons (Fsp3) is 0.556. The molecule has 27 heavy (non-hydrogen) atoms. The number of nitrogens with zero attached hydrogens (tertiary/aromatic N) is 1. The van der Waals surface area contributed by atoms with Crippen molar-refractivity contribution in [1.82, 2.24) is 4.31 Å². The number of hydrogen-bond acceptors (Lipinski definition) is 7. The highest BCUT2D eigenvalue weighted by atomic mass is 32.2. The molecule has 2 atom stereocenters. The van der Waals surface area contributed by atoms with Crippen LogP contribution in [0, 0.1) is 0 Å². The summed E-state index contributed by atoms with van der Waals surface area (Å²) in [5, 5.41) is 0. The Morgan fingerprint density at radius 3 is 2.52 bits per heavy atom. The average molecular weight is 399 g/mol. The van der Waals surface area contributed by atoms with Crippen LogP contribution in [0.4, 0.5) is 0 Å². The van der Waals surface area contributed by atoms with Gasteiger partial charge in [0.25, 0.3) is 0 Å². The summed E-state index contributed by atoms with van der Waals surface area (Å²) in [7, 11) is -1.30. The Balaban J connectivity index is 2.37. The number of ether oxygens (including phenoxy) is 3. The first-order valence-electron chi connectivity index (χ1n) is 8.71. The second kappa shape index (κ2) is 8.71. The van der Waals surface area contributed by atoms with Crippen LogP contribution in [-0.2, 0) is 24.3 Å². The summed E-state index contributed by atoms with van der Waals surface area (Å²) in [5.41, 5.74) is 0.00907. The fourth-order valence-electron chi connectivity index (χ4n) is 3.00. The average Bonchev–Trinajstić information content (AvgIpc) is 2.66.